The highest BCUT2D eigenvalue weighted by atomic mass is 16.6. The molecule has 138 valence electrons. The van der Waals surface area contributed by atoms with Crippen molar-refractivity contribution in [2.75, 3.05) is 6.61 Å². The van der Waals surface area contributed by atoms with E-state index in [1.165, 1.54) is 0 Å². The number of hydrogen-bond donors (Lipinski definition) is 0. The summed E-state index contributed by atoms with van der Waals surface area (Å²) >= 11 is 0. The Bertz CT molecular complexity index is 873. The van der Waals surface area contributed by atoms with Crippen LogP contribution in [0.15, 0.2) is 78.9 Å². The van der Waals surface area contributed by atoms with Gasteiger partial charge in [-0.25, -0.2) is 4.79 Å². The lowest BCUT2D eigenvalue weighted by atomic mass is 10.0. The van der Waals surface area contributed by atoms with Gasteiger partial charge in [-0.1, -0.05) is 66.7 Å². The van der Waals surface area contributed by atoms with Crippen molar-refractivity contribution in [3.8, 4) is 16.9 Å². The maximum atomic E-state index is 12.4. The lowest BCUT2D eigenvalue weighted by molar-refractivity contribution is -0.151. The number of rotatable bonds is 7. The SMILES string of the molecule is CCOC(=O)[C@H](Cc1ccccc1)Oc1ccc(-c2ccccc2)c(C)c1. The Kier molecular flexibility index (Phi) is 6.26. The van der Waals surface area contributed by atoms with E-state index in [4.69, 9.17) is 9.47 Å². The summed E-state index contributed by atoms with van der Waals surface area (Å²) in [6.07, 6.45) is -0.201. The summed E-state index contributed by atoms with van der Waals surface area (Å²) in [7, 11) is 0. The van der Waals surface area contributed by atoms with Crippen molar-refractivity contribution in [1.82, 2.24) is 0 Å². The summed E-state index contributed by atoms with van der Waals surface area (Å²) in [5.41, 5.74) is 4.45. The molecule has 1 atom stereocenters. The van der Waals surface area contributed by atoms with Gasteiger partial charge >= 0.3 is 5.97 Å². The first-order chi connectivity index (χ1) is 13.2. The molecule has 0 spiro atoms. The average molecular weight is 360 g/mol. The number of carbonyl (C=O) groups is 1. The molecule has 0 aliphatic carbocycles. The molecule has 0 radical (unpaired) electrons. The first-order valence-electron chi connectivity index (χ1n) is 9.20. The molecule has 0 aliphatic heterocycles. The van der Waals surface area contributed by atoms with Crippen molar-refractivity contribution in [3.05, 3.63) is 90.0 Å². The molecule has 0 unspecified atom stereocenters. The van der Waals surface area contributed by atoms with E-state index in [1.807, 2.05) is 73.7 Å². The van der Waals surface area contributed by atoms with Crippen LogP contribution >= 0.6 is 0 Å². The third-order valence-corrected chi connectivity index (χ3v) is 4.37. The minimum absolute atomic E-state index is 0.333. The lowest BCUT2D eigenvalue weighted by Gasteiger charge is -2.19. The molecular weight excluding hydrogens is 336 g/mol. The van der Waals surface area contributed by atoms with Gasteiger partial charge < -0.3 is 9.47 Å². The Morgan fingerprint density at radius 2 is 1.59 bits per heavy atom. The van der Waals surface area contributed by atoms with Gasteiger partial charge in [0.25, 0.3) is 0 Å². The predicted molar refractivity (Wildman–Crippen MR) is 108 cm³/mol. The van der Waals surface area contributed by atoms with Gasteiger partial charge in [0.05, 0.1) is 6.61 Å². The molecule has 0 heterocycles. The first kappa shape index (κ1) is 18.7. The zero-order chi connectivity index (χ0) is 19.1. The summed E-state index contributed by atoms with van der Waals surface area (Å²) in [5.74, 6) is 0.326. The third kappa shape index (κ3) is 4.98. The van der Waals surface area contributed by atoms with Gasteiger partial charge in [0.15, 0.2) is 6.10 Å². The predicted octanol–water partition coefficient (Wildman–Crippen LogP) is 5.22. The molecule has 3 aromatic carbocycles. The van der Waals surface area contributed by atoms with Crippen molar-refractivity contribution >= 4 is 5.97 Å². The zero-order valence-corrected chi connectivity index (χ0v) is 15.7. The van der Waals surface area contributed by atoms with Crippen molar-refractivity contribution < 1.29 is 14.3 Å². The van der Waals surface area contributed by atoms with E-state index in [2.05, 4.69) is 12.1 Å². The molecule has 0 saturated heterocycles. The van der Waals surface area contributed by atoms with Gasteiger partial charge in [-0.2, -0.15) is 0 Å². The third-order valence-electron chi connectivity index (χ3n) is 4.37. The summed E-state index contributed by atoms with van der Waals surface area (Å²) in [5, 5.41) is 0. The summed E-state index contributed by atoms with van der Waals surface area (Å²) in [6, 6.07) is 26.0. The molecule has 0 aliphatic rings. The largest absolute Gasteiger partial charge is 0.478 e. The van der Waals surface area contributed by atoms with E-state index < -0.39 is 6.10 Å². The normalized spacial score (nSPS) is 11.6. The highest BCUT2D eigenvalue weighted by Crippen LogP contribution is 2.27. The highest BCUT2D eigenvalue weighted by molar-refractivity contribution is 5.76. The molecule has 3 aromatic rings. The Balaban J connectivity index is 1.80. The van der Waals surface area contributed by atoms with Gasteiger partial charge in [-0.15, -0.1) is 0 Å². The minimum atomic E-state index is -0.672. The molecule has 3 rings (SSSR count). The smallest absolute Gasteiger partial charge is 0.347 e. The van der Waals surface area contributed by atoms with Crippen molar-refractivity contribution in [3.63, 3.8) is 0 Å². The molecule has 0 saturated carbocycles. The highest BCUT2D eigenvalue weighted by Gasteiger charge is 2.22. The molecule has 3 heteroatoms. The number of esters is 1. The van der Waals surface area contributed by atoms with E-state index in [-0.39, 0.29) is 5.97 Å². The van der Waals surface area contributed by atoms with Crippen LogP contribution in [0.1, 0.15) is 18.1 Å². The van der Waals surface area contributed by atoms with Gasteiger partial charge in [-0.05, 0) is 48.2 Å². The van der Waals surface area contributed by atoms with Gasteiger partial charge in [0.2, 0.25) is 0 Å². The van der Waals surface area contributed by atoms with Gasteiger partial charge in [-0.3, -0.25) is 0 Å². The monoisotopic (exact) mass is 360 g/mol. The second-order valence-corrected chi connectivity index (χ2v) is 6.39. The summed E-state index contributed by atoms with van der Waals surface area (Å²) < 4.78 is 11.2. The quantitative estimate of drug-likeness (QED) is 0.542. The van der Waals surface area contributed by atoms with Crippen LogP contribution in [0, 0.1) is 6.92 Å². The number of aryl methyl sites for hydroxylation is 1. The van der Waals surface area contributed by atoms with Gasteiger partial charge in [0.1, 0.15) is 5.75 Å². The Labute approximate surface area is 160 Å². The van der Waals surface area contributed by atoms with E-state index in [0.29, 0.717) is 18.8 Å². The standard InChI is InChI=1S/C24H24O3/c1-3-26-24(25)23(17-19-10-6-4-7-11-19)27-21-14-15-22(18(2)16-21)20-12-8-5-9-13-20/h4-16,23H,3,17H2,1-2H3/t23-/m0/s1. The molecule has 3 nitrogen and oxygen atoms in total. The molecule has 0 aromatic heterocycles. The van der Waals surface area contributed by atoms with Crippen LogP contribution in [-0.2, 0) is 16.0 Å². The molecule has 0 amide bonds. The van der Waals surface area contributed by atoms with Crippen LogP contribution in [0.4, 0.5) is 0 Å². The number of hydrogen-bond acceptors (Lipinski definition) is 3. The van der Waals surface area contributed by atoms with E-state index in [0.717, 1.165) is 22.3 Å². The molecule has 0 fully saturated rings. The van der Waals surface area contributed by atoms with Gasteiger partial charge in [0, 0.05) is 6.42 Å². The fourth-order valence-corrected chi connectivity index (χ4v) is 3.05. The van der Waals surface area contributed by atoms with E-state index in [9.17, 15) is 4.79 Å². The maximum absolute atomic E-state index is 12.4. The van der Waals surface area contributed by atoms with E-state index >= 15 is 0 Å². The van der Waals surface area contributed by atoms with E-state index in [1.54, 1.807) is 6.92 Å². The molecular formula is C24H24O3. The van der Waals surface area contributed by atoms with Crippen molar-refractivity contribution in [2.45, 2.75) is 26.4 Å². The fourth-order valence-electron chi connectivity index (χ4n) is 3.05. The fraction of sp³-hybridized carbons (Fsp3) is 0.208. The molecule has 0 N–H and O–H groups in total. The first-order valence-corrected chi connectivity index (χ1v) is 9.20. The van der Waals surface area contributed by atoms with Crippen LogP contribution in [0.5, 0.6) is 5.75 Å². The lowest BCUT2D eigenvalue weighted by Crippen LogP contribution is -2.31. The average Bonchev–Trinajstić information content (AvgIpc) is 2.69. The Morgan fingerprint density at radius 3 is 2.22 bits per heavy atom. The van der Waals surface area contributed by atoms with Crippen LogP contribution < -0.4 is 4.74 Å². The van der Waals surface area contributed by atoms with Crippen LogP contribution in [0.25, 0.3) is 11.1 Å². The second-order valence-electron chi connectivity index (χ2n) is 6.39. The Hall–Kier alpha value is -3.07. The second kappa shape index (κ2) is 9.04. The van der Waals surface area contributed by atoms with Crippen molar-refractivity contribution in [1.29, 1.82) is 0 Å². The maximum Gasteiger partial charge on any atom is 0.347 e. The van der Waals surface area contributed by atoms with Crippen molar-refractivity contribution in [2.24, 2.45) is 0 Å². The zero-order valence-electron chi connectivity index (χ0n) is 15.7. The summed E-state index contributed by atoms with van der Waals surface area (Å²) in [4.78, 5) is 12.4. The number of ether oxygens (including phenoxy) is 2. The molecule has 27 heavy (non-hydrogen) atoms. The summed E-state index contributed by atoms with van der Waals surface area (Å²) in [6.45, 7) is 4.18. The topological polar surface area (TPSA) is 35.5 Å². The van der Waals surface area contributed by atoms with Crippen LogP contribution in [0.3, 0.4) is 0 Å². The van der Waals surface area contributed by atoms with Crippen LogP contribution in [0.2, 0.25) is 0 Å². The number of carbonyl (C=O) groups excluding carboxylic acids is 1. The Morgan fingerprint density at radius 1 is 0.926 bits per heavy atom. The molecule has 0 bridgehead atoms. The van der Waals surface area contributed by atoms with Crippen LogP contribution in [-0.4, -0.2) is 18.7 Å². The minimum Gasteiger partial charge on any atom is -0.478 e. The number of benzene rings is 3.